The van der Waals surface area contributed by atoms with Gasteiger partial charge in [-0.1, -0.05) is 31.2 Å². The summed E-state index contributed by atoms with van der Waals surface area (Å²) in [4.78, 5) is 0. The number of nitrogens with zero attached hydrogens (tertiary/aromatic N) is 1. The molecule has 0 bridgehead atoms. The van der Waals surface area contributed by atoms with Crippen LogP contribution in [0.2, 0.25) is 0 Å². The van der Waals surface area contributed by atoms with Gasteiger partial charge in [0.15, 0.2) is 0 Å². The maximum atomic E-state index is 14.2. The molecule has 23 heavy (non-hydrogen) atoms. The number of rotatable bonds is 7. The van der Waals surface area contributed by atoms with E-state index in [-0.39, 0.29) is 5.92 Å². The van der Waals surface area contributed by atoms with Crippen molar-refractivity contribution in [2.75, 3.05) is 22.7 Å². The minimum Gasteiger partial charge on any atom is -0.383 e. The van der Waals surface area contributed by atoms with Crippen LogP contribution < -0.4 is 15.4 Å². The molecular weight excluding hydrogens is 317 g/mol. The fraction of sp³-hybridized carbons (Fsp3) is 0.375. The van der Waals surface area contributed by atoms with Crippen molar-refractivity contribution in [3.63, 3.8) is 0 Å². The Kier molecular flexibility index (Phi) is 6.32. The van der Waals surface area contributed by atoms with Crippen LogP contribution >= 0.6 is 0 Å². The van der Waals surface area contributed by atoms with Crippen LogP contribution in [0.5, 0.6) is 0 Å². The van der Waals surface area contributed by atoms with Crippen LogP contribution in [-0.2, 0) is 11.3 Å². The average Bonchev–Trinajstić information content (AvgIpc) is 2.55. The number of nitrogens with two attached hydrogens (primary N) is 1. The normalized spacial score (nSPS) is 19.8. The second-order valence-electron chi connectivity index (χ2n) is 5.55. The van der Waals surface area contributed by atoms with Gasteiger partial charge in [-0.3, -0.25) is 0 Å². The number of hydrogen-bond acceptors (Lipinski definition) is 3. The van der Waals surface area contributed by atoms with E-state index in [4.69, 9.17) is 10.3 Å². The van der Waals surface area contributed by atoms with Crippen molar-refractivity contribution in [3.05, 3.63) is 48.3 Å². The molecule has 0 heterocycles. The van der Waals surface area contributed by atoms with E-state index in [1.807, 2.05) is 19.1 Å². The first-order valence-corrected chi connectivity index (χ1v) is 8.62. The molecule has 2 unspecified atom stereocenters. The molecule has 1 aromatic carbocycles. The molecule has 0 amide bonds. The molecule has 0 aromatic heterocycles. The van der Waals surface area contributed by atoms with Crippen LogP contribution in [0.1, 0.15) is 13.3 Å². The maximum absolute atomic E-state index is 14.2. The summed E-state index contributed by atoms with van der Waals surface area (Å²) in [5.41, 5.74) is 6.89. The summed E-state index contributed by atoms with van der Waals surface area (Å²) < 4.78 is 35.1. The van der Waals surface area contributed by atoms with Crippen molar-refractivity contribution in [1.82, 2.24) is 0 Å². The molecule has 0 radical (unpaired) electrons. The fourth-order valence-corrected chi connectivity index (χ4v) is 3.11. The van der Waals surface area contributed by atoms with Gasteiger partial charge in [-0.25, -0.2) is 8.70 Å². The van der Waals surface area contributed by atoms with Gasteiger partial charge in [-0.15, -0.1) is 0 Å². The molecular formula is C16H23FN3O2S+. The summed E-state index contributed by atoms with van der Waals surface area (Å²) >= 11 is -2.10. The smallest absolute Gasteiger partial charge is 0.383 e. The molecule has 7 heteroatoms. The van der Waals surface area contributed by atoms with E-state index in [9.17, 15) is 8.60 Å². The number of nitrogens with one attached hydrogen (secondary N) is 1. The van der Waals surface area contributed by atoms with Gasteiger partial charge in [0.1, 0.15) is 11.9 Å². The summed E-state index contributed by atoms with van der Waals surface area (Å²) in [6.07, 6.45) is 5.16. The lowest BCUT2D eigenvalue weighted by atomic mass is 10.1. The predicted octanol–water partition coefficient (Wildman–Crippen LogP) is 1.98. The lowest BCUT2D eigenvalue weighted by Gasteiger charge is -2.28. The molecule has 1 aromatic rings. The summed E-state index contributed by atoms with van der Waals surface area (Å²) in [7, 11) is 0. The number of allylic oxidation sites excluding steroid dienone is 2. The Labute approximate surface area is 138 Å². The number of halogens is 1. The highest BCUT2D eigenvalue weighted by Gasteiger charge is 2.32. The third-order valence-corrected chi connectivity index (χ3v) is 4.52. The highest BCUT2D eigenvalue weighted by Crippen LogP contribution is 2.33. The number of para-hydroxylation sites is 2. The molecule has 5 N–H and O–H groups in total. The molecule has 0 aliphatic heterocycles. The van der Waals surface area contributed by atoms with Gasteiger partial charge in [0.25, 0.3) is 0 Å². The predicted molar refractivity (Wildman–Crippen MR) is 94.1 cm³/mol. The summed E-state index contributed by atoms with van der Waals surface area (Å²) in [6.45, 7) is 3.22. The van der Waals surface area contributed by atoms with E-state index in [0.29, 0.717) is 25.2 Å². The molecule has 3 atom stereocenters. The minimum atomic E-state index is -2.10. The first kappa shape index (κ1) is 17.7. The molecule has 5 nitrogen and oxygen atoms in total. The minimum absolute atomic E-state index is 0.271. The Morgan fingerprint density at radius 1 is 1.52 bits per heavy atom. The summed E-state index contributed by atoms with van der Waals surface area (Å²) in [5, 5.41) is 3.25. The number of anilines is 2. The molecule has 0 saturated heterocycles. The first-order valence-electron chi connectivity index (χ1n) is 7.52. The lowest BCUT2D eigenvalue weighted by Crippen LogP contribution is -2.38. The topological polar surface area (TPSA) is 81.3 Å². The molecule has 2 rings (SSSR count). The fourth-order valence-electron chi connectivity index (χ4n) is 2.35. The molecule has 0 fully saturated rings. The Morgan fingerprint density at radius 3 is 2.91 bits per heavy atom. The second-order valence-corrected chi connectivity index (χ2v) is 6.44. The van der Waals surface area contributed by atoms with E-state index in [1.165, 1.54) is 10.4 Å². The number of benzene rings is 1. The summed E-state index contributed by atoms with van der Waals surface area (Å²) in [6, 6.07) is 6.48. The Hall–Kier alpha value is -1.70. The average molecular weight is 340 g/mol. The largest absolute Gasteiger partial charge is 0.421 e. The van der Waals surface area contributed by atoms with Crippen LogP contribution in [0.25, 0.3) is 0 Å². The van der Waals surface area contributed by atoms with Crippen molar-refractivity contribution in [1.29, 1.82) is 0 Å². The zero-order valence-electron chi connectivity index (χ0n) is 13.0. The Balaban J connectivity index is 2.31. The maximum Gasteiger partial charge on any atom is 0.421 e. The first-order chi connectivity index (χ1) is 11.0. The standard InChI is InChI=1S/C16H22FN3O2S/c1-12(10-18)11-19-14-7-3-5-9-16(14)20(23(21)22)15-8-4-2-6-13(15)17/h2-7,9,12,15,19H,8,10-11,18H2,1H3,(H,21,22)/p+1/t12-,15?/m1/s1. The van der Waals surface area contributed by atoms with Gasteiger partial charge in [-0.2, -0.15) is 4.21 Å². The van der Waals surface area contributed by atoms with Gasteiger partial charge in [-0.05, 0) is 37.1 Å². The highest BCUT2D eigenvalue weighted by molar-refractivity contribution is 7.80. The third-order valence-electron chi connectivity index (χ3n) is 3.72. The van der Waals surface area contributed by atoms with Crippen molar-refractivity contribution in [3.8, 4) is 0 Å². The zero-order valence-corrected chi connectivity index (χ0v) is 13.9. The Morgan fingerprint density at radius 2 is 2.26 bits per heavy atom. The van der Waals surface area contributed by atoms with Crippen LogP contribution in [0.4, 0.5) is 15.8 Å². The molecule has 1 aliphatic rings. The van der Waals surface area contributed by atoms with Gasteiger partial charge in [0, 0.05) is 6.54 Å². The lowest BCUT2D eigenvalue weighted by molar-refractivity contribution is 0.512. The number of hydrogen-bond donors (Lipinski definition) is 2. The van der Waals surface area contributed by atoms with Gasteiger partial charge >= 0.3 is 11.3 Å². The van der Waals surface area contributed by atoms with E-state index in [1.54, 1.807) is 24.3 Å². The van der Waals surface area contributed by atoms with Crippen molar-refractivity contribution in [2.45, 2.75) is 19.4 Å². The van der Waals surface area contributed by atoms with Crippen LogP contribution in [0.3, 0.4) is 0 Å². The monoisotopic (exact) mass is 340 g/mol. The van der Waals surface area contributed by atoms with Gasteiger partial charge < -0.3 is 15.6 Å². The molecule has 126 valence electrons. The SMILES string of the molecule is C[C@H](CN)CNc1ccccc1N(C1CC=CC=C1F)S(=O)[OH2+]. The van der Waals surface area contributed by atoms with Crippen molar-refractivity contribution >= 4 is 22.6 Å². The molecule has 1 aliphatic carbocycles. The highest BCUT2D eigenvalue weighted by atomic mass is 32.2. The second kappa shape index (κ2) is 8.24. The van der Waals surface area contributed by atoms with E-state index < -0.39 is 23.1 Å². The molecule has 0 saturated carbocycles. The van der Waals surface area contributed by atoms with Crippen molar-refractivity contribution in [2.24, 2.45) is 11.7 Å². The van der Waals surface area contributed by atoms with E-state index >= 15 is 0 Å². The quantitative estimate of drug-likeness (QED) is 0.745. The van der Waals surface area contributed by atoms with Gasteiger partial charge in [0.2, 0.25) is 0 Å². The van der Waals surface area contributed by atoms with Gasteiger partial charge in [0.05, 0.1) is 11.4 Å². The van der Waals surface area contributed by atoms with Crippen LogP contribution in [0, 0.1) is 5.92 Å². The zero-order chi connectivity index (χ0) is 16.8. The molecule has 0 spiro atoms. The van der Waals surface area contributed by atoms with Crippen LogP contribution in [-0.4, -0.2) is 27.9 Å². The summed E-state index contributed by atoms with van der Waals surface area (Å²) in [5.74, 6) is -0.120. The Bertz CT molecular complexity index is 621. The van der Waals surface area contributed by atoms with Crippen LogP contribution in [0.15, 0.2) is 48.3 Å². The van der Waals surface area contributed by atoms with Crippen molar-refractivity contribution < 1.29 is 13.2 Å². The van der Waals surface area contributed by atoms with E-state index in [2.05, 4.69) is 5.32 Å². The van der Waals surface area contributed by atoms with E-state index in [0.717, 1.165) is 5.69 Å². The third kappa shape index (κ3) is 4.40.